The van der Waals surface area contributed by atoms with Gasteiger partial charge in [0.05, 0.1) is 17.8 Å². The molecule has 1 amide bonds. The van der Waals surface area contributed by atoms with Crippen molar-refractivity contribution in [3.05, 3.63) is 98.5 Å². The normalized spacial score (nSPS) is 14.2. The van der Waals surface area contributed by atoms with Crippen LogP contribution < -0.4 is 4.90 Å². The van der Waals surface area contributed by atoms with Crippen LogP contribution in [0.5, 0.6) is 0 Å². The molecule has 0 N–H and O–H groups in total. The molecule has 3 aromatic rings. The first-order valence-corrected chi connectivity index (χ1v) is 9.97. The Labute approximate surface area is 187 Å². The molecule has 0 atom stereocenters. The van der Waals surface area contributed by atoms with Crippen molar-refractivity contribution in [2.75, 3.05) is 4.90 Å². The first-order valence-electron chi connectivity index (χ1n) is 8.84. The summed E-state index contributed by atoms with van der Waals surface area (Å²) in [6, 6.07) is 18.4. The van der Waals surface area contributed by atoms with Crippen molar-refractivity contribution < 1.29 is 14.4 Å². The molecule has 0 fully saturated rings. The van der Waals surface area contributed by atoms with E-state index in [-0.39, 0.29) is 17.8 Å². The zero-order chi connectivity index (χ0) is 21.3. The smallest absolute Gasteiger partial charge is 0.312 e. The van der Waals surface area contributed by atoms with Gasteiger partial charge < -0.3 is 9.74 Å². The lowest BCUT2D eigenvalue weighted by molar-refractivity contribution is -0.112. The van der Waals surface area contributed by atoms with Crippen LogP contribution in [0.25, 0.3) is 0 Å². The summed E-state index contributed by atoms with van der Waals surface area (Å²) < 4.78 is 0. The molecule has 0 saturated carbocycles. The number of carbonyl (C=O) groups is 2. The number of benzene rings is 3. The first kappa shape index (κ1) is 20.4. The van der Waals surface area contributed by atoms with Gasteiger partial charge >= 0.3 is 5.97 Å². The third-order valence-corrected chi connectivity index (χ3v) is 5.38. The zero-order valence-electron chi connectivity index (χ0n) is 15.3. The maximum absolute atomic E-state index is 13.1. The lowest BCUT2D eigenvalue weighted by Gasteiger charge is -2.17. The molecule has 1 heterocycles. The van der Waals surface area contributed by atoms with E-state index in [0.717, 1.165) is 5.56 Å². The van der Waals surface area contributed by atoms with Crippen molar-refractivity contribution in [3.63, 3.8) is 0 Å². The maximum Gasteiger partial charge on any atom is 0.365 e. The molecule has 1 aliphatic rings. The molecule has 1 aliphatic heterocycles. The lowest BCUT2D eigenvalue weighted by Crippen LogP contribution is -2.30. The topological polar surface area (TPSA) is 59.0 Å². The van der Waals surface area contributed by atoms with Crippen LogP contribution in [0.3, 0.4) is 0 Å². The largest absolute Gasteiger partial charge is 0.365 e. The highest BCUT2D eigenvalue weighted by atomic mass is 35.5. The van der Waals surface area contributed by atoms with Crippen molar-refractivity contribution in [2.45, 2.75) is 6.54 Å². The molecular weight excluding hydrogens is 447 g/mol. The number of hydrogen-bond acceptors (Lipinski definition) is 4. The number of halogens is 3. The molecule has 0 aliphatic carbocycles. The Hall–Kier alpha value is -2.86. The summed E-state index contributed by atoms with van der Waals surface area (Å²) in [6.45, 7) is 0.218. The summed E-state index contributed by atoms with van der Waals surface area (Å²) in [4.78, 5) is 31.9. The Morgan fingerprint density at radius 1 is 0.933 bits per heavy atom. The van der Waals surface area contributed by atoms with Gasteiger partial charge in [-0.05, 0) is 48.0 Å². The number of anilines is 1. The number of amides is 1. The van der Waals surface area contributed by atoms with Crippen LogP contribution >= 0.6 is 34.8 Å². The Balaban J connectivity index is 1.62. The van der Waals surface area contributed by atoms with Crippen LogP contribution in [0.2, 0.25) is 15.1 Å². The third kappa shape index (κ3) is 4.05. The summed E-state index contributed by atoms with van der Waals surface area (Å²) in [7, 11) is 0. The summed E-state index contributed by atoms with van der Waals surface area (Å²) >= 11 is 18.1. The van der Waals surface area contributed by atoms with Crippen molar-refractivity contribution >= 4 is 58.1 Å². The highest BCUT2D eigenvalue weighted by molar-refractivity contribution is 6.54. The average molecular weight is 460 g/mol. The third-order valence-electron chi connectivity index (χ3n) is 4.54. The molecule has 0 aromatic heterocycles. The molecule has 0 spiro atoms. The monoisotopic (exact) mass is 458 g/mol. The van der Waals surface area contributed by atoms with E-state index in [1.54, 1.807) is 48.5 Å². The predicted molar refractivity (Wildman–Crippen MR) is 117 cm³/mol. The minimum absolute atomic E-state index is 0.0398. The van der Waals surface area contributed by atoms with Gasteiger partial charge in [0.15, 0.2) is 5.71 Å². The number of fused-ring (bicyclic) bond motifs is 1. The number of carbonyl (C=O) groups excluding carboxylic acids is 2. The van der Waals surface area contributed by atoms with Crippen LogP contribution in [0.1, 0.15) is 21.5 Å². The van der Waals surface area contributed by atoms with Crippen molar-refractivity contribution in [1.29, 1.82) is 0 Å². The van der Waals surface area contributed by atoms with E-state index < -0.39 is 11.9 Å². The average Bonchev–Trinajstić information content (AvgIpc) is 3.00. The van der Waals surface area contributed by atoms with Crippen molar-refractivity contribution in [3.8, 4) is 0 Å². The molecule has 0 bridgehead atoms. The van der Waals surface area contributed by atoms with E-state index >= 15 is 0 Å². The van der Waals surface area contributed by atoms with Gasteiger partial charge in [-0.25, -0.2) is 4.79 Å². The second-order valence-corrected chi connectivity index (χ2v) is 7.75. The van der Waals surface area contributed by atoms with Crippen molar-refractivity contribution in [1.82, 2.24) is 0 Å². The fourth-order valence-electron chi connectivity index (χ4n) is 3.05. The zero-order valence-corrected chi connectivity index (χ0v) is 17.6. The van der Waals surface area contributed by atoms with Crippen LogP contribution in [-0.4, -0.2) is 17.6 Å². The van der Waals surface area contributed by atoms with E-state index in [4.69, 9.17) is 39.6 Å². The quantitative estimate of drug-likeness (QED) is 0.368. The van der Waals surface area contributed by atoms with Crippen molar-refractivity contribution in [2.24, 2.45) is 5.16 Å². The van der Waals surface area contributed by atoms with Crippen LogP contribution in [0.4, 0.5) is 5.69 Å². The molecule has 0 radical (unpaired) electrons. The van der Waals surface area contributed by atoms with Crippen LogP contribution in [0, 0.1) is 0 Å². The predicted octanol–water partition coefficient (Wildman–Crippen LogP) is 5.75. The van der Waals surface area contributed by atoms with Gasteiger partial charge in [-0.2, -0.15) is 0 Å². The number of para-hydroxylation sites is 1. The number of hydrogen-bond donors (Lipinski definition) is 0. The molecule has 150 valence electrons. The van der Waals surface area contributed by atoms with E-state index in [1.807, 2.05) is 6.07 Å². The van der Waals surface area contributed by atoms with Gasteiger partial charge in [0.1, 0.15) is 0 Å². The molecule has 5 nitrogen and oxygen atoms in total. The second kappa shape index (κ2) is 8.48. The van der Waals surface area contributed by atoms with Crippen LogP contribution in [0.15, 0.2) is 71.9 Å². The molecule has 0 saturated heterocycles. The lowest BCUT2D eigenvalue weighted by atomic mass is 10.1. The Kier molecular flexibility index (Phi) is 5.77. The van der Waals surface area contributed by atoms with E-state index in [1.165, 1.54) is 17.0 Å². The molecule has 4 rings (SSSR count). The first-order chi connectivity index (χ1) is 14.4. The maximum atomic E-state index is 13.1. The second-order valence-electron chi connectivity index (χ2n) is 6.47. The fourth-order valence-corrected chi connectivity index (χ4v) is 3.65. The van der Waals surface area contributed by atoms with Gasteiger partial charge in [-0.15, -0.1) is 0 Å². The molecule has 8 heteroatoms. The summed E-state index contributed by atoms with van der Waals surface area (Å²) in [5.41, 5.74) is 2.25. The van der Waals surface area contributed by atoms with Gasteiger partial charge in [-0.3, -0.25) is 4.79 Å². The molecular formula is C22H13Cl3N2O3. The molecule has 30 heavy (non-hydrogen) atoms. The van der Waals surface area contributed by atoms with E-state index in [9.17, 15) is 9.59 Å². The van der Waals surface area contributed by atoms with E-state index in [2.05, 4.69) is 5.16 Å². The summed E-state index contributed by atoms with van der Waals surface area (Å²) in [6.07, 6.45) is 0. The molecule has 0 unspecified atom stereocenters. The van der Waals surface area contributed by atoms with Gasteiger partial charge in [-0.1, -0.05) is 64.2 Å². The van der Waals surface area contributed by atoms with Gasteiger partial charge in [0.25, 0.3) is 5.91 Å². The Morgan fingerprint density at radius 2 is 1.63 bits per heavy atom. The standard InChI is InChI=1S/C22H13Cl3N2O3/c23-15-8-5-13(6-9-15)22(29)30-26-20-17-3-1-2-4-19(17)27(21(20)28)12-14-7-10-16(24)11-18(14)25/h1-11H,12H2. The SMILES string of the molecule is O=C(ON=C1C(=O)N(Cc2ccc(Cl)cc2Cl)c2ccccc21)c1ccc(Cl)cc1. The fraction of sp³-hybridized carbons (Fsp3) is 0.0455. The highest BCUT2D eigenvalue weighted by Gasteiger charge is 2.35. The number of nitrogens with zero attached hydrogens (tertiary/aromatic N) is 2. The Bertz CT molecular complexity index is 1180. The number of rotatable bonds is 4. The molecule has 3 aromatic carbocycles. The van der Waals surface area contributed by atoms with E-state index in [0.29, 0.717) is 26.3 Å². The Morgan fingerprint density at radius 3 is 2.37 bits per heavy atom. The minimum Gasteiger partial charge on any atom is -0.312 e. The van der Waals surface area contributed by atoms with Gasteiger partial charge in [0, 0.05) is 20.6 Å². The number of oxime groups is 1. The summed E-state index contributed by atoms with van der Waals surface area (Å²) in [5.74, 6) is -1.09. The minimum atomic E-state index is -0.691. The van der Waals surface area contributed by atoms with Gasteiger partial charge in [0.2, 0.25) is 0 Å². The highest BCUT2D eigenvalue weighted by Crippen LogP contribution is 2.32. The summed E-state index contributed by atoms with van der Waals surface area (Å²) in [5, 5.41) is 5.32. The van der Waals surface area contributed by atoms with Crippen LogP contribution in [-0.2, 0) is 16.2 Å².